The van der Waals surface area contributed by atoms with E-state index in [9.17, 15) is 4.79 Å². The van der Waals surface area contributed by atoms with Crippen molar-refractivity contribution in [1.29, 1.82) is 0 Å². The van der Waals surface area contributed by atoms with Crippen molar-refractivity contribution in [2.45, 2.75) is 26.2 Å². The van der Waals surface area contributed by atoms with Crippen molar-refractivity contribution in [3.05, 3.63) is 35.9 Å². The first-order chi connectivity index (χ1) is 9.70. The molecule has 20 heavy (non-hydrogen) atoms. The number of nitrogens with zero attached hydrogens (tertiary/aromatic N) is 1. The van der Waals surface area contributed by atoms with Crippen molar-refractivity contribution < 1.29 is 9.53 Å². The number of rotatable bonds is 4. The van der Waals surface area contributed by atoms with Crippen molar-refractivity contribution in [3.63, 3.8) is 0 Å². The third-order valence-corrected chi connectivity index (χ3v) is 3.75. The van der Waals surface area contributed by atoms with Crippen LogP contribution in [0.3, 0.4) is 0 Å². The highest BCUT2D eigenvalue weighted by Crippen LogP contribution is 2.16. The Morgan fingerprint density at radius 1 is 1.20 bits per heavy atom. The molecular weight excluding hydrogens is 250 g/mol. The lowest BCUT2D eigenvalue weighted by Gasteiger charge is -2.28. The van der Waals surface area contributed by atoms with Crippen LogP contribution in [0, 0.1) is 5.92 Å². The normalized spacial score (nSPS) is 17.2. The van der Waals surface area contributed by atoms with Crippen LogP contribution in [0.2, 0.25) is 0 Å². The largest absolute Gasteiger partial charge is 0.497 e. The third-order valence-electron chi connectivity index (χ3n) is 3.75. The first-order valence-electron chi connectivity index (χ1n) is 7.32. The molecule has 1 saturated heterocycles. The van der Waals surface area contributed by atoms with Gasteiger partial charge in [0, 0.05) is 13.1 Å². The fourth-order valence-corrected chi connectivity index (χ4v) is 2.46. The van der Waals surface area contributed by atoms with Crippen molar-refractivity contribution in [2.24, 2.45) is 5.92 Å². The summed E-state index contributed by atoms with van der Waals surface area (Å²) in [6.45, 7) is 3.80. The Hall–Kier alpha value is -1.77. The second kappa shape index (κ2) is 7.13. The Morgan fingerprint density at radius 3 is 2.45 bits per heavy atom. The van der Waals surface area contributed by atoms with Gasteiger partial charge in [-0.05, 0) is 37.0 Å². The van der Waals surface area contributed by atoms with Crippen LogP contribution >= 0.6 is 0 Å². The van der Waals surface area contributed by atoms with E-state index in [1.165, 1.54) is 6.42 Å². The highest BCUT2D eigenvalue weighted by atomic mass is 16.5. The van der Waals surface area contributed by atoms with Crippen LogP contribution in [0.5, 0.6) is 5.75 Å². The van der Waals surface area contributed by atoms with E-state index in [4.69, 9.17) is 4.74 Å². The van der Waals surface area contributed by atoms with Crippen LogP contribution < -0.4 is 4.74 Å². The average molecular weight is 273 g/mol. The quantitative estimate of drug-likeness (QED) is 0.842. The van der Waals surface area contributed by atoms with Crippen LogP contribution in [-0.2, 0) is 4.79 Å². The van der Waals surface area contributed by atoms with Crippen molar-refractivity contribution in [1.82, 2.24) is 4.90 Å². The lowest BCUT2D eigenvalue weighted by molar-refractivity contribution is -0.134. The van der Waals surface area contributed by atoms with E-state index in [0.29, 0.717) is 0 Å². The molecule has 2 rings (SSSR count). The minimum atomic E-state index is -0.0600. The van der Waals surface area contributed by atoms with Gasteiger partial charge in [-0.25, -0.2) is 0 Å². The minimum Gasteiger partial charge on any atom is -0.497 e. The molecule has 1 aromatic rings. The maximum Gasteiger partial charge on any atom is 0.229 e. The van der Waals surface area contributed by atoms with Crippen LogP contribution in [0.1, 0.15) is 31.7 Å². The monoisotopic (exact) mass is 273 g/mol. The molecule has 1 atom stereocenters. The van der Waals surface area contributed by atoms with Crippen LogP contribution in [-0.4, -0.2) is 31.0 Å². The summed E-state index contributed by atoms with van der Waals surface area (Å²) in [6.07, 6.45) is 7.52. The topological polar surface area (TPSA) is 29.5 Å². The smallest absolute Gasteiger partial charge is 0.229 e. The third kappa shape index (κ3) is 3.86. The van der Waals surface area contributed by atoms with E-state index in [1.54, 1.807) is 7.11 Å². The van der Waals surface area contributed by atoms with Gasteiger partial charge in [-0.3, -0.25) is 4.79 Å². The molecule has 1 unspecified atom stereocenters. The van der Waals surface area contributed by atoms with Crippen molar-refractivity contribution in [2.75, 3.05) is 20.2 Å². The summed E-state index contributed by atoms with van der Waals surface area (Å²) in [5.41, 5.74) is 1.09. The lowest BCUT2D eigenvalue weighted by Crippen LogP contribution is -2.38. The Bertz CT molecular complexity index is 458. The Labute approximate surface area is 121 Å². The van der Waals surface area contributed by atoms with E-state index in [-0.39, 0.29) is 11.8 Å². The molecule has 3 nitrogen and oxygen atoms in total. The Morgan fingerprint density at radius 2 is 1.85 bits per heavy atom. The molecule has 1 amide bonds. The maximum absolute atomic E-state index is 12.3. The number of piperidine rings is 1. The number of likely N-dealkylation sites (tertiary alicyclic amines) is 1. The number of carbonyl (C=O) groups is 1. The second-order valence-electron chi connectivity index (χ2n) is 5.31. The van der Waals surface area contributed by atoms with E-state index in [0.717, 1.165) is 37.2 Å². The highest BCUT2D eigenvalue weighted by molar-refractivity contribution is 5.81. The molecule has 0 aromatic heterocycles. The van der Waals surface area contributed by atoms with Crippen molar-refractivity contribution in [3.8, 4) is 5.75 Å². The summed E-state index contributed by atoms with van der Waals surface area (Å²) < 4.78 is 5.13. The molecule has 0 bridgehead atoms. The molecule has 0 N–H and O–H groups in total. The van der Waals surface area contributed by atoms with Gasteiger partial charge in [-0.15, -0.1) is 0 Å². The lowest BCUT2D eigenvalue weighted by atomic mass is 10.0. The van der Waals surface area contributed by atoms with Gasteiger partial charge >= 0.3 is 0 Å². The van der Waals surface area contributed by atoms with Gasteiger partial charge in [0.2, 0.25) is 5.91 Å². The Kier molecular flexibility index (Phi) is 5.22. The zero-order valence-corrected chi connectivity index (χ0v) is 12.3. The van der Waals surface area contributed by atoms with Crippen LogP contribution in [0.4, 0.5) is 0 Å². The molecule has 1 aromatic carbocycles. The molecule has 0 spiro atoms. The van der Waals surface area contributed by atoms with E-state index in [1.807, 2.05) is 48.2 Å². The summed E-state index contributed by atoms with van der Waals surface area (Å²) in [5.74, 6) is 1.03. The van der Waals surface area contributed by atoms with Gasteiger partial charge in [-0.2, -0.15) is 0 Å². The van der Waals surface area contributed by atoms with E-state index in [2.05, 4.69) is 0 Å². The molecule has 1 heterocycles. The number of hydrogen-bond acceptors (Lipinski definition) is 2. The Balaban J connectivity index is 1.93. The summed E-state index contributed by atoms with van der Waals surface area (Å²) in [6, 6.07) is 7.84. The summed E-state index contributed by atoms with van der Waals surface area (Å²) >= 11 is 0. The van der Waals surface area contributed by atoms with Crippen LogP contribution in [0.15, 0.2) is 30.3 Å². The molecule has 0 aliphatic carbocycles. The number of methoxy groups -OCH3 is 1. The van der Waals surface area contributed by atoms with Gasteiger partial charge in [0.05, 0.1) is 13.0 Å². The molecule has 1 fully saturated rings. The average Bonchev–Trinajstić information content (AvgIpc) is 2.53. The molecule has 1 aliphatic heterocycles. The van der Waals surface area contributed by atoms with Gasteiger partial charge in [0.15, 0.2) is 0 Å². The molecular formula is C17H23NO2. The standard InChI is InChI=1S/C17H23NO2/c1-14(17(19)18-12-4-3-5-13-18)6-7-15-8-10-16(20-2)11-9-15/h6-11,14H,3-5,12-13H2,1-2H3/b7-6+. The number of ether oxygens (including phenoxy) is 1. The zero-order valence-electron chi connectivity index (χ0n) is 12.3. The fraction of sp³-hybridized carbons (Fsp3) is 0.471. The zero-order chi connectivity index (χ0) is 14.4. The van der Waals surface area contributed by atoms with Gasteiger partial charge in [-0.1, -0.05) is 31.2 Å². The van der Waals surface area contributed by atoms with Crippen molar-refractivity contribution >= 4 is 12.0 Å². The van der Waals surface area contributed by atoms with E-state index >= 15 is 0 Å². The summed E-state index contributed by atoms with van der Waals surface area (Å²) in [5, 5.41) is 0. The van der Waals surface area contributed by atoms with Gasteiger partial charge in [0.1, 0.15) is 5.75 Å². The number of benzene rings is 1. The number of carbonyl (C=O) groups excluding carboxylic acids is 1. The summed E-state index contributed by atoms with van der Waals surface area (Å²) in [4.78, 5) is 14.3. The van der Waals surface area contributed by atoms with E-state index < -0.39 is 0 Å². The number of amides is 1. The van der Waals surface area contributed by atoms with Crippen LogP contribution in [0.25, 0.3) is 6.08 Å². The first kappa shape index (κ1) is 14.6. The predicted octanol–water partition coefficient (Wildman–Crippen LogP) is 3.36. The molecule has 108 valence electrons. The maximum atomic E-state index is 12.3. The first-order valence-corrected chi connectivity index (χ1v) is 7.32. The SMILES string of the molecule is COc1ccc(/C=C/C(C)C(=O)N2CCCCC2)cc1. The second-order valence-corrected chi connectivity index (χ2v) is 5.31. The highest BCUT2D eigenvalue weighted by Gasteiger charge is 2.19. The molecule has 3 heteroatoms. The molecule has 0 radical (unpaired) electrons. The number of hydrogen-bond donors (Lipinski definition) is 0. The van der Waals surface area contributed by atoms with Gasteiger partial charge < -0.3 is 9.64 Å². The molecule has 1 aliphatic rings. The van der Waals surface area contributed by atoms with Gasteiger partial charge in [0.25, 0.3) is 0 Å². The predicted molar refractivity (Wildman–Crippen MR) is 81.6 cm³/mol. The minimum absolute atomic E-state index is 0.0600. The summed E-state index contributed by atoms with van der Waals surface area (Å²) in [7, 11) is 1.66. The molecule has 0 saturated carbocycles. The fourth-order valence-electron chi connectivity index (χ4n) is 2.46.